The van der Waals surface area contributed by atoms with Gasteiger partial charge in [0, 0.05) is 18.5 Å². The summed E-state index contributed by atoms with van der Waals surface area (Å²) in [5.74, 6) is -1.51. The number of carboxylic acids is 1. The Morgan fingerprint density at radius 1 is 1.17 bits per heavy atom. The van der Waals surface area contributed by atoms with Crippen LogP contribution in [0.4, 0.5) is 5.69 Å². The van der Waals surface area contributed by atoms with Crippen molar-refractivity contribution in [2.24, 2.45) is 5.10 Å². The van der Waals surface area contributed by atoms with Gasteiger partial charge in [-0.05, 0) is 23.8 Å². The largest absolute Gasteiger partial charge is 0.481 e. The van der Waals surface area contributed by atoms with E-state index in [9.17, 15) is 19.5 Å². The Bertz CT molecular complexity index is 1150. The fourth-order valence-corrected chi connectivity index (χ4v) is 3.42. The molecule has 30 heavy (non-hydrogen) atoms. The van der Waals surface area contributed by atoms with Crippen LogP contribution < -0.4 is 10.7 Å². The maximum Gasteiger partial charge on any atom is 0.305 e. The topological polar surface area (TPSA) is 126 Å². The summed E-state index contributed by atoms with van der Waals surface area (Å²) in [6, 6.07) is 14.2. The van der Waals surface area contributed by atoms with Crippen LogP contribution in [0.3, 0.4) is 0 Å². The molecular formula is C21H19N5O4. The first-order chi connectivity index (χ1) is 14.5. The molecule has 2 aromatic carbocycles. The summed E-state index contributed by atoms with van der Waals surface area (Å²) < 4.78 is 1.82. The molecule has 0 fully saturated rings. The molecule has 152 valence electrons. The molecule has 3 aromatic rings. The molecule has 4 rings (SSSR count). The second-order valence-electron chi connectivity index (χ2n) is 6.93. The van der Waals surface area contributed by atoms with E-state index < -0.39 is 12.0 Å². The molecule has 3 N–H and O–H groups in total. The normalized spacial score (nSPS) is 14.7. The standard InChI is InChI=1S/C21H19N5O4/c27-19-9-7-15(24-25-19)21(30)23-14-6-8-17-16(10-14)22-12-26(17)18(11-20(28)29)13-4-2-1-3-5-13/h1-6,8,10,12,18H,7,9,11H2,(H,23,30)(H,25,27)(H,28,29). The van der Waals surface area contributed by atoms with Gasteiger partial charge in [-0.3, -0.25) is 14.4 Å². The Morgan fingerprint density at radius 2 is 1.97 bits per heavy atom. The van der Waals surface area contributed by atoms with E-state index in [1.807, 2.05) is 34.9 Å². The van der Waals surface area contributed by atoms with Crippen LogP contribution in [0.2, 0.25) is 0 Å². The van der Waals surface area contributed by atoms with Crippen molar-refractivity contribution in [2.45, 2.75) is 25.3 Å². The van der Waals surface area contributed by atoms with Crippen LogP contribution in [-0.4, -0.2) is 38.2 Å². The molecule has 1 unspecified atom stereocenters. The highest BCUT2D eigenvalue weighted by molar-refractivity contribution is 6.43. The number of carbonyl (C=O) groups is 3. The zero-order chi connectivity index (χ0) is 21.1. The summed E-state index contributed by atoms with van der Waals surface area (Å²) in [6.07, 6.45) is 2.03. The molecule has 0 saturated carbocycles. The van der Waals surface area contributed by atoms with Crippen LogP contribution in [0.1, 0.15) is 30.9 Å². The average molecular weight is 405 g/mol. The van der Waals surface area contributed by atoms with Gasteiger partial charge in [0.05, 0.1) is 29.8 Å². The van der Waals surface area contributed by atoms with E-state index in [1.54, 1.807) is 24.5 Å². The molecule has 9 nitrogen and oxygen atoms in total. The first-order valence-corrected chi connectivity index (χ1v) is 9.41. The molecule has 9 heteroatoms. The number of fused-ring (bicyclic) bond motifs is 1. The monoisotopic (exact) mass is 405 g/mol. The number of hydrogen-bond acceptors (Lipinski definition) is 5. The highest BCUT2D eigenvalue weighted by Crippen LogP contribution is 2.28. The quantitative estimate of drug-likeness (QED) is 0.580. The zero-order valence-corrected chi connectivity index (χ0v) is 15.9. The lowest BCUT2D eigenvalue weighted by Gasteiger charge is -2.18. The lowest BCUT2D eigenvalue weighted by atomic mass is 10.0. The predicted octanol–water partition coefficient (Wildman–Crippen LogP) is 2.30. The third kappa shape index (κ3) is 4.04. The number of anilines is 1. The van der Waals surface area contributed by atoms with Crippen molar-refractivity contribution in [3.8, 4) is 0 Å². The van der Waals surface area contributed by atoms with Gasteiger partial charge in [-0.2, -0.15) is 5.10 Å². The first kappa shape index (κ1) is 19.3. The highest BCUT2D eigenvalue weighted by Gasteiger charge is 2.21. The maximum absolute atomic E-state index is 12.3. The van der Waals surface area contributed by atoms with Crippen LogP contribution in [-0.2, 0) is 14.4 Å². The molecule has 2 heterocycles. The van der Waals surface area contributed by atoms with Crippen LogP contribution in [0.15, 0.2) is 60.0 Å². The fraction of sp³-hybridized carbons (Fsp3) is 0.190. The van der Waals surface area contributed by atoms with Crippen molar-refractivity contribution in [1.29, 1.82) is 0 Å². The molecule has 1 aliphatic heterocycles. The van der Waals surface area contributed by atoms with Gasteiger partial charge in [0.2, 0.25) is 5.91 Å². The second-order valence-corrected chi connectivity index (χ2v) is 6.93. The Balaban J connectivity index is 1.60. The molecule has 1 atom stereocenters. The van der Waals surface area contributed by atoms with Crippen molar-refractivity contribution in [1.82, 2.24) is 15.0 Å². The third-order valence-corrected chi connectivity index (χ3v) is 4.89. The van der Waals surface area contributed by atoms with Gasteiger partial charge < -0.3 is 15.0 Å². The number of nitrogens with zero attached hydrogens (tertiary/aromatic N) is 3. The van der Waals surface area contributed by atoms with Crippen LogP contribution in [0.25, 0.3) is 11.0 Å². The van der Waals surface area contributed by atoms with Crippen molar-refractivity contribution in [3.05, 3.63) is 60.4 Å². The van der Waals surface area contributed by atoms with Gasteiger partial charge in [0.1, 0.15) is 5.71 Å². The summed E-state index contributed by atoms with van der Waals surface area (Å²) in [5.41, 5.74) is 5.34. The summed E-state index contributed by atoms with van der Waals surface area (Å²) in [6.45, 7) is 0. The molecule has 0 radical (unpaired) electrons. The molecule has 0 spiro atoms. The number of hydrogen-bond donors (Lipinski definition) is 3. The Hall–Kier alpha value is -4.01. The number of hydrazone groups is 1. The summed E-state index contributed by atoms with van der Waals surface area (Å²) >= 11 is 0. The molecule has 0 bridgehead atoms. The fourth-order valence-electron chi connectivity index (χ4n) is 3.42. The lowest BCUT2D eigenvalue weighted by molar-refractivity contribution is -0.137. The number of carbonyl (C=O) groups excluding carboxylic acids is 2. The summed E-state index contributed by atoms with van der Waals surface area (Å²) in [4.78, 5) is 39.3. The van der Waals surface area contributed by atoms with Crippen molar-refractivity contribution >= 4 is 40.2 Å². The minimum Gasteiger partial charge on any atom is -0.481 e. The van der Waals surface area contributed by atoms with E-state index in [1.165, 1.54) is 0 Å². The van der Waals surface area contributed by atoms with Gasteiger partial charge >= 0.3 is 5.97 Å². The molecule has 1 aromatic heterocycles. The highest BCUT2D eigenvalue weighted by atomic mass is 16.4. The smallest absolute Gasteiger partial charge is 0.305 e. The number of aliphatic carboxylic acids is 1. The van der Waals surface area contributed by atoms with E-state index in [0.717, 1.165) is 11.1 Å². The minimum atomic E-state index is -0.907. The number of amides is 2. The maximum atomic E-state index is 12.3. The zero-order valence-electron chi connectivity index (χ0n) is 15.9. The van der Waals surface area contributed by atoms with Gasteiger partial charge in [-0.1, -0.05) is 30.3 Å². The molecular weight excluding hydrogens is 386 g/mol. The van der Waals surface area contributed by atoms with Crippen LogP contribution in [0.5, 0.6) is 0 Å². The third-order valence-electron chi connectivity index (χ3n) is 4.89. The number of benzene rings is 2. The Morgan fingerprint density at radius 3 is 2.67 bits per heavy atom. The summed E-state index contributed by atoms with van der Waals surface area (Å²) in [7, 11) is 0. The Labute approximate surface area is 171 Å². The van der Waals surface area contributed by atoms with Crippen LogP contribution in [0, 0.1) is 0 Å². The Kier molecular flexibility index (Phi) is 5.25. The van der Waals surface area contributed by atoms with Gasteiger partial charge in [0.15, 0.2) is 0 Å². The number of rotatable bonds is 6. The van der Waals surface area contributed by atoms with Crippen LogP contribution >= 0.6 is 0 Å². The molecule has 0 saturated heterocycles. The number of imidazole rings is 1. The van der Waals surface area contributed by atoms with Gasteiger partial charge in [-0.15, -0.1) is 0 Å². The van der Waals surface area contributed by atoms with Crippen molar-refractivity contribution in [3.63, 3.8) is 0 Å². The number of carboxylic acid groups (broad SMARTS) is 1. The van der Waals surface area contributed by atoms with E-state index in [4.69, 9.17) is 0 Å². The molecule has 2 amide bonds. The van der Waals surface area contributed by atoms with Crippen molar-refractivity contribution in [2.75, 3.05) is 5.32 Å². The average Bonchev–Trinajstić information content (AvgIpc) is 3.16. The van der Waals surface area contributed by atoms with Gasteiger partial charge in [-0.25, -0.2) is 10.4 Å². The van der Waals surface area contributed by atoms with E-state index in [-0.39, 0.29) is 36.8 Å². The predicted molar refractivity (Wildman–Crippen MR) is 110 cm³/mol. The van der Waals surface area contributed by atoms with Gasteiger partial charge in [0.25, 0.3) is 5.91 Å². The molecule has 0 aliphatic carbocycles. The van der Waals surface area contributed by atoms with Crippen molar-refractivity contribution < 1.29 is 19.5 Å². The summed E-state index contributed by atoms with van der Waals surface area (Å²) in [5, 5.41) is 15.9. The molecule has 1 aliphatic rings. The van der Waals surface area contributed by atoms with E-state index in [0.29, 0.717) is 11.2 Å². The second kappa shape index (κ2) is 8.16. The SMILES string of the molecule is O=C(O)CC(c1ccccc1)n1cnc2cc(NC(=O)C3=NNC(=O)CC3)ccc21. The van der Waals surface area contributed by atoms with E-state index in [2.05, 4.69) is 20.8 Å². The minimum absolute atomic E-state index is 0.0838. The van der Waals surface area contributed by atoms with E-state index >= 15 is 0 Å². The lowest BCUT2D eigenvalue weighted by Crippen LogP contribution is -2.32. The first-order valence-electron chi connectivity index (χ1n) is 9.41. The number of nitrogens with one attached hydrogen (secondary N) is 2. The number of aromatic nitrogens is 2.